The number of aliphatic hydroxyl groups excluding tert-OH is 1. The van der Waals surface area contributed by atoms with E-state index in [1.54, 1.807) is 12.1 Å². The van der Waals surface area contributed by atoms with Crippen molar-refractivity contribution >= 4 is 0 Å². The van der Waals surface area contributed by atoms with Gasteiger partial charge in [-0.1, -0.05) is 30.3 Å². The minimum atomic E-state index is -4.69. The molecule has 2 N–H and O–H groups in total. The minimum absolute atomic E-state index is 0.163. The van der Waals surface area contributed by atoms with E-state index in [0.717, 1.165) is 5.56 Å². The van der Waals surface area contributed by atoms with Crippen LogP contribution in [0.25, 0.3) is 0 Å². The third kappa shape index (κ3) is 8.32. The quantitative estimate of drug-likeness (QED) is 0.689. The molecule has 2 rings (SSSR count). The number of nitrogens with one attached hydrogen (secondary N) is 1. The second kappa shape index (κ2) is 9.10. The van der Waals surface area contributed by atoms with Crippen LogP contribution in [-0.2, 0) is 6.42 Å². The Hall–Kier alpha value is -2.25. The number of aliphatic hydroxyl groups is 1. The van der Waals surface area contributed by atoms with Gasteiger partial charge in [-0.2, -0.15) is 0 Å². The van der Waals surface area contributed by atoms with Gasteiger partial charge in [0.05, 0.1) is 0 Å². The molecule has 0 aromatic heterocycles. The molecule has 148 valence electrons. The highest BCUT2D eigenvalue weighted by Crippen LogP contribution is 2.23. The number of β-amino-alcohol motifs (C(OH)–C–C–N with tert-alkyl or cyclic N) is 1. The van der Waals surface area contributed by atoms with E-state index in [4.69, 9.17) is 4.74 Å². The van der Waals surface area contributed by atoms with Crippen molar-refractivity contribution in [3.63, 3.8) is 0 Å². The highest BCUT2D eigenvalue weighted by Gasteiger charge is 2.31. The van der Waals surface area contributed by atoms with Crippen molar-refractivity contribution < 1.29 is 27.8 Å². The Bertz CT molecular complexity index is 688. The van der Waals surface area contributed by atoms with Gasteiger partial charge in [-0.15, -0.1) is 13.2 Å². The highest BCUT2D eigenvalue weighted by atomic mass is 19.4. The molecular formula is C20H24F3NO3. The molecule has 0 fully saturated rings. The van der Waals surface area contributed by atoms with E-state index >= 15 is 0 Å². The maximum atomic E-state index is 12.2. The van der Waals surface area contributed by atoms with Gasteiger partial charge in [0.2, 0.25) is 0 Å². The van der Waals surface area contributed by atoms with E-state index in [1.807, 2.05) is 44.2 Å². The van der Waals surface area contributed by atoms with Gasteiger partial charge in [-0.05, 0) is 50.1 Å². The summed E-state index contributed by atoms with van der Waals surface area (Å²) < 4.78 is 46.0. The Kier molecular flexibility index (Phi) is 7.10. The normalized spacial score (nSPS) is 13.3. The topological polar surface area (TPSA) is 50.7 Å². The van der Waals surface area contributed by atoms with Crippen LogP contribution < -0.4 is 14.8 Å². The van der Waals surface area contributed by atoms with Crippen molar-refractivity contribution in [2.24, 2.45) is 0 Å². The van der Waals surface area contributed by atoms with Gasteiger partial charge in [-0.25, -0.2) is 0 Å². The first-order valence-electron chi connectivity index (χ1n) is 8.59. The molecule has 1 unspecified atom stereocenters. The maximum Gasteiger partial charge on any atom is 0.573 e. The standard InChI is InChI=1S/C20H24F3NO3/c1-19(2,12-15-8-10-18(11-9-15)27-20(21,22)23)24-13-16(25)14-26-17-6-4-3-5-7-17/h3-11,16,24-25H,12-14H2,1-2H3. The van der Waals surface area contributed by atoms with Crippen molar-refractivity contribution in [2.45, 2.75) is 38.3 Å². The van der Waals surface area contributed by atoms with Crippen LogP contribution in [0.5, 0.6) is 11.5 Å². The molecule has 0 spiro atoms. The van der Waals surface area contributed by atoms with E-state index in [2.05, 4.69) is 10.1 Å². The van der Waals surface area contributed by atoms with Crippen LogP contribution in [0.3, 0.4) is 0 Å². The summed E-state index contributed by atoms with van der Waals surface area (Å²) in [5.74, 6) is 0.447. The van der Waals surface area contributed by atoms with Gasteiger partial charge >= 0.3 is 6.36 Å². The predicted octanol–water partition coefficient (Wildman–Crippen LogP) is 3.94. The molecule has 7 heteroatoms. The van der Waals surface area contributed by atoms with Gasteiger partial charge < -0.3 is 19.9 Å². The molecule has 0 saturated carbocycles. The van der Waals surface area contributed by atoms with Gasteiger partial charge in [0, 0.05) is 12.1 Å². The number of alkyl halides is 3. The average molecular weight is 383 g/mol. The molecule has 0 aliphatic rings. The maximum absolute atomic E-state index is 12.2. The van der Waals surface area contributed by atoms with Crippen LogP contribution in [0.4, 0.5) is 13.2 Å². The number of hydrogen-bond acceptors (Lipinski definition) is 4. The Morgan fingerprint density at radius 3 is 2.19 bits per heavy atom. The summed E-state index contributed by atoms with van der Waals surface area (Å²) in [4.78, 5) is 0. The summed E-state index contributed by atoms with van der Waals surface area (Å²) in [7, 11) is 0. The Labute approximate surface area is 156 Å². The lowest BCUT2D eigenvalue weighted by Gasteiger charge is -2.28. The summed E-state index contributed by atoms with van der Waals surface area (Å²) in [6, 6.07) is 15.0. The number of para-hydroxylation sites is 1. The van der Waals surface area contributed by atoms with E-state index in [-0.39, 0.29) is 17.9 Å². The van der Waals surface area contributed by atoms with Crippen molar-refractivity contribution in [2.75, 3.05) is 13.2 Å². The molecule has 2 aromatic rings. The van der Waals surface area contributed by atoms with Crippen LogP contribution in [0.15, 0.2) is 54.6 Å². The third-order valence-corrected chi connectivity index (χ3v) is 3.80. The second-order valence-corrected chi connectivity index (χ2v) is 6.91. The molecule has 0 amide bonds. The molecule has 0 saturated heterocycles. The Morgan fingerprint density at radius 2 is 1.59 bits per heavy atom. The molecule has 0 bridgehead atoms. The lowest BCUT2D eigenvalue weighted by atomic mass is 9.94. The largest absolute Gasteiger partial charge is 0.573 e. The SMILES string of the molecule is CC(C)(Cc1ccc(OC(F)(F)F)cc1)NCC(O)COc1ccccc1. The third-order valence-electron chi connectivity index (χ3n) is 3.80. The van der Waals surface area contributed by atoms with Crippen LogP contribution in [-0.4, -0.2) is 36.3 Å². The lowest BCUT2D eigenvalue weighted by molar-refractivity contribution is -0.274. The molecular weight excluding hydrogens is 359 g/mol. The fourth-order valence-corrected chi connectivity index (χ4v) is 2.54. The number of halogens is 3. The van der Waals surface area contributed by atoms with Crippen LogP contribution in [0, 0.1) is 0 Å². The first-order chi connectivity index (χ1) is 12.6. The van der Waals surface area contributed by atoms with E-state index in [9.17, 15) is 18.3 Å². The molecule has 0 aliphatic heterocycles. The summed E-state index contributed by atoms with van der Waals surface area (Å²) >= 11 is 0. The number of benzene rings is 2. The van der Waals surface area contributed by atoms with Crippen LogP contribution in [0.2, 0.25) is 0 Å². The zero-order chi connectivity index (χ0) is 19.9. The molecule has 0 radical (unpaired) electrons. The predicted molar refractivity (Wildman–Crippen MR) is 96.9 cm³/mol. The lowest BCUT2D eigenvalue weighted by Crippen LogP contribution is -2.46. The van der Waals surface area contributed by atoms with Crippen molar-refractivity contribution in [3.8, 4) is 11.5 Å². The molecule has 27 heavy (non-hydrogen) atoms. The summed E-state index contributed by atoms with van der Waals surface area (Å²) in [5, 5.41) is 13.3. The highest BCUT2D eigenvalue weighted by molar-refractivity contribution is 5.28. The zero-order valence-corrected chi connectivity index (χ0v) is 15.3. The molecule has 0 aliphatic carbocycles. The van der Waals surface area contributed by atoms with E-state index < -0.39 is 12.5 Å². The van der Waals surface area contributed by atoms with Crippen molar-refractivity contribution in [1.29, 1.82) is 0 Å². The molecule has 4 nitrogen and oxygen atoms in total. The van der Waals surface area contributed by atoms with Crippen molar-refractivity contribution in [3.05, 3.63) is 60.2 Å². The number of hydrogen-bond donors (Lipinski definition) is 2. The molecule has 0 heterocycles. The van der Waals surface area contributed by atoms with Crippen LogP contribution in [0.1, 0.15) is 19.4 Å². The Balaban J connectivity index is 1.78. The monoisotopic (exact) mass is 383 g/mol. The van der Waals surface area contributed by atoms with Gasteiger partial charge in [0.25, 0.3) is 0 Å². The second-order valence-electron chi connectivity index (χ2n) is 6.91. The van der Waals surface area contributed by atoms with Gasteiger partial charge in [-0.3, -0.25) is 0 Å². The zero-order valence-electron chi connectivity index (χ0n) is 15.3. The van der Waals surface area contributed by atoms with Crippen LogP contribution >= 0.6 is 0 Å². The van der Waals surface area contributed by atoms with E-state index in [0.29, 0.717) is 18.7 Å². The summed E-state index contributed by atoms with van der Waals surface area (Å²) in [6.07, 6.45) is -4.81. The smallest absolute Gasteiger partial charge is 0.491 e. The van der Waals surface area contributed by atoms with Gasteiger partial charge in [0.15, 0.2) is 0 Å². The fraction of sp³-hybridized carbons (Fsp3) is 0.400. The van der Waals surface area contributed by atoms with Crippen molar-refractivity contribution in [1.82, 2.24) is 5.32 Å². The fourth-order valence-electron chi connectivity index (χ4n) is 2.54. The van der Waals surface area contributed by atoms with E-state index in [1.165, 1.54) is 12.1 Å². The van der Waals surface area contributed by atoms with Gasteiger partial charge in [0.1, 0.15) is 24.2 Å². The Morgan fingerprint density at radius 1 is 0.963 bits per heavy atom. The summed E-state index contributed by atoms with van der Waals surface area (Å²) in [5.41, 5.74) is 0.497. The summed E-state index contributed by atoms with van der Waals surface area (Å²) in [6.45, 7) is 4.40. The number of ether oxygens (including phenoxy) is 2. The minimum Gasteiger partial charge on any atom is -0.491 e. The first-order valence-corrected chi connectivity index (χ1v) is 8.59. The number of rotatable bonds is 9. The first kappa shape index (κ1) is 21.1. The molecule has 2 aromatic carbocycles. The molecule has 1 atom stereocenters. The average Bonchev–Trinajstić information content (AvgIpc) is 2.59.